The fourth-order valence-corrected chi connectivity index (χ4v) is 2.11. The quantitative estimate of drug-likeness (QED) is 0.860. The lowest BCUT2D eigenvalue weighted by Gasteiger charge is -2.11. The zero-order valence-corrected chi connectivity index (χ0v) is 10.3. The van der Waals surface area contributed by atoms with E-state index in [1.165, 1.54) is 19.2 Å². The van der Waals surface area contributed by atoms with Gasteiger partial charge in [0.2, 0.25) is 5.91 Å². The Morgan fingerprint density at radius 3 is 3.06 bits per heavy atom. The predicted molar refractivity (Wildman–Crippen MR) is 67.2 cm³/mol. The van der Waals surface area contributed by atoms with Gasteiger partial charge in [-0.25, -0.2) is 4.39 Å². The van der Waals surface area contributed by atoms with Crippen molar-refractivity contribution in [1.82, 2.24) is 5.32 Å². The molecule has 1 unspecified atom stereocenters. The van der Waals surface area contributed by atoms with Gasteiger partial charge in [-0.05, 0) is 31.5 Å². The van der Waals surface area contributed by atoms with Gasteiger partial charge in [0.1, 0.15) is 0 Å². The average Bonchev–Trinajstić information content (AvgIpc) is 2.82. The molecule has 1 aliphatic heterocycles. The van der Waals surface area contributed by atoms with Crippen molar-refractivity contribution in [2.24, 2.45) is 0 Å². The Labute approximate surface area is 106 Å². The highest BCUT2D eigenvalue weighted by Gasteiger charge is 2.17. The molecule has 5 heteroatoms. The molecule has 98 valence electrons. The number of halogens is 1. The first-order valence-electron chi connectivity index (χ1n) is 6.06. The SMILES string of the molecule is COc1ccc(NC(=O)CC2CCCN2)cc1F. The van der Waals surface area contributed by atoms with Crippen molar-refractivity contribution in [2.45, 2.75) is 25.3 Å². The molecule has 1 atom stereocenters. The Morgan fingerprint density at radius 2 is 2.44 bits per heavy atom. The molecule has 1 fully saturated rings. The second-order valence-corrected chi connectivity index (χ2v) is 4.39. The number of methoxy groups -OCH3 is 1. The van der Waals surface area contributed by atoms with Gasteiger partial charge in [0.25, 0.3) is 0 Å². The second-order valence-electron chi connectivity index (χ2n) is 4.39. The fraction of sp³-hybridized carbons (Fsp3) is 0.462. The first kappa shape index (κ1) is 12.8. The highest BCUT2D eigenvalue weighted by molar-refractivity contribution is 5.91. The van der Waals surface area contributed by atoms with Gasteiger partial charge < -0.3 is 15.4 Å². The van der Waals surface area contributed by atoms with Crippen LogP contribution in [0.25, 0.3) is 0 Å². The Balaban J connectivity index is 1.92. The molecular weight excluding hydrogens is 235 g/mol. The van der Waals surface area contributed by atoms with Crippen molar-refractivity contribution in [1.29, 1.82) is 0 Å². The van der Waals surface area contributed by atoms with Crippen LogP contribution in [0.3, 0.4) is 0 Å². The van der Waals surface area contributed by atoms with Crippen molar-refractivity contribution in [2.75, 3.05) is 19.0 Å². The van der Waals surface area contributed by atoms with E-state index >= 15 is 0 Å². The van der Waals surface area contributed by atoms with Gasteiger partial charge >= 0.3 is 0 Å². The minimum Gasteiger partial charge on any atom is -0.494 e. The molecule has 2 rings (SSSR count). The van der Waals surface area contributed by atoms with Crippen LogP contribution in [0.15, 0.2) is 18.2 Å². The van der Waals surface area contributed by atoms with Gasteiger partial charge in [-0.15, -0.1) is 0 Å². The van der Waals surface area contributed by atoms with E-state index in [1.54, 1.807) is 6.07 Å². The summed E-state index contributed by atoms with van der Waals surface area (Å²) in [5.74, 6) is -0.404. The van der Waals surface area contributed by atoms with Gasteiger partial charge in [-0.3, -0.25) is 4.79 Å². The van der Waals surface area contributed by atoms with Crippen LogP contribution in [0.1, 0.15) is 19.3 Å². The summed E-state index contributed by atoms with van der Waals surface area (Å²) >= 11 is 0. The number of carbonyl (C=O) groups excluding carboxylic acids is 1. The van der Waals surface area contributed by atoms with Gasteiger partial charge in [-0.1, -0.05) is 0 Å². The predicted octanol–water partition coefficient (Wildman–Crippen LogP) is 1.91. The van der Waals surface area contributed by atoms with Crippen LogP contribution in [0.4, 0.5) is 10.1 Å². The van der Waals surface area contributed by atoms with Gasteiger partial charge in [0.15, 0.2) is 11.6 Å². The molecule has 4 nitrogen and oxygen atoms in total. The second kappa shape index (κ2) is 5.82. The van der Waals surface area contributed by atoms with Crippen LogP contribution in [0, 0.1) is 5.82 Å². The number of rotatable bonds is 4. The molecule has 1 aliphatic rings. The summed E-state index contributed by atoms with van der Waals surface area (Å²) in [4.78, 5) is 11.7. The fourth-order valence-electron chi connectivity index (χ4n) is 2.11. The van der Waals surface area contributed by atoms with E-state index in [-0.39, 0.29) is 17.7 Å². The van der Waals surface area contributed by atoms with Crippen molar-refractivity contribution >= 4 is 11.6 Å². The van der Waals surface area contributed by atoms with E-state index in [2.05, 4.69) is 10.6 Å². The number of nitrogens with one attached hydrogen (secondary N) is 2. The third-order valence-corrected chi connectivity index (χ3v) is 3.03. The number of amides is 1. The molecule has 18 heavy (non-hydrogen) atoms. The number of hydrogen-bond acceptors (Lipinski definition) is 3. The van der Waals surface area contributed by atoms with Crippen LogP contribution in [0.2, 0.25) is 0 Å². The van der Waals surface area contributed by atoms with E-state index in [1.807, 2.05) is 0 Å². The Kier molecular flexibility index (Phi) is 4.15. The lowest BCUT2D eigenvalue weighted by Crippen LogP contribution is -2.27. The lowest BCUT2D eigenvalue weighted by molar-refractivity contribution is -0.116. The Hall–Kier alpha value is -1.62. The van der Waals surface area contributed by atoms with Crippen molar-refractivity contribution in [3.63, 3.8) is 0 Å². The molecule has 0 radical (unpaired) electrons. The first-order valence-corrected chi connectivity index (χ1v) is 6.06. The molecule has 0 aromatic heterocycles. The summed E-state index contributed by atoms with van der Waals surface area (Å²) in [7, 11) is 1.41. The topological polar surface area (TPSA) is 50.4 Å². The van der Waals surface area contributed by atoms with Crippen LogP contribution in [-0.4, -0.2) is 25.6 Å². The molecule has 2 N–H and O–H groups in total. The lowest BCUT2D eigenvalue weighted by atomic mass is 10.1. The monoisotopic (exact) mass is 252 g/mol. The average molecular weight is 252 g/mol. The van der Waals surface area contributed by atoms with Gasteiger partial charge in [0.05, 0.1) is 7.11 Å². The van der Waals surface area contributed by atoms with Gasteiger partial charge in [0, 0.05) is 24.2 Å². The third-order valence-electron chi connectivity index (χ3n) is 3.03. The highest BCUT2D eigenvalue weighted by Crippen LogP contribution is 2.21. The first-order chi connectivity index (χ1) is 8.69. The molecule has 0 bridgehead atoms. The summed E-state index contributed by atoms with van der Waals surface area (Å²) in [6.45, 7) is 0.967. The summed E-state index contributed by atoms with van der Waals surface area (Å²) in [5.41, 5.74) is 0.455. The number of benzene rings is 1. The summed E-state index contributed by atoms with van der Waals surface area (Å²) in [6.07, 6.45) is 2.55. The zero-order valence-electron chi connectivity index (χ0n) is 10.3. The number of hydrogen-bond donors (Lipinski definition) is 2. The maximum atomic E-state index is 13.4. The van der Waals surface area contributed by atoms with E-state index in [0.29, 0.717) is 12.1 Å². The van der Waals surface area contributed by atoms with E-state index in [9.17, 15) is 9.18 Å². The molecule has 1 heterocycles. The zero-order chi connectivity index (χ0) is 13.0. The molecule has 1 saturated heterocycles. The molecule has 1 amide bonds. The maximum Gasteiger partial charge on any atom is 0.225 e. The third kappa shape index (κ3) is 3.20. The van der Waals surface area contributed by atoms with Gasteiger partial charge in [-0.2, -0.15) is 0 Å². The largest absolute Gasteiger partial charge is 0.494 e. The van der Waals surface area contributed by atoms with E-state index < -0.39 is 5.82 Å². The number of carbonyl (C=O) groups is 1. The van der Waals surface area contributed by atoms with Crippen LogP contribution in [0.5, 0.6) is 5.75 Å². The smallest absolute Gasteiger partial charge is 0.225 e. The summed E-state index contributed by atoms with van der Waals surface area (Å²) < 4.78 is 18.2. The minimum absolute atomic E-state index is 0.0982. The Morgan fingerprint density at radius 1 is 1.61 bits per heavy atom. The molecule has 0 spiro atoms. The van der Waals surface area contributed by atoms with Crippen LogP contribution in [-0.2, 0) is 4.79 Å². The molecule has 1 aromatic rings. The summed E-state index contributed by atoms with van der Waals surface area (Å²) in [6, 6.07) is 4.63. The van der Waals surface area contributed by atoms with Crippen molar-refractivity contribution in [3.8, 4) is 5.75 Å². The van der Waals surface area contributed by atoms with Crippen LogP contribution < -0.4 is 15.4 Å². The van der Waals surface area contributed by atoms with Crippen LogP contribution >= 0.6 is 0 Å². The van der Waals surface area contributed by atoms with E-state index in [0.717, 1.165) is 19.4 Å². The molecule has 0 aliphatic carbocycles. The highest BCUT2D eigenvalue weighted by atomic mass is 19.1. The molecular formula is C13H17FN2O2. The standard InChI is InChI=1S/C13H17FN2O2/c1-18-12-5-4-10(7-11(12)14)16-13(17)8-9-3-2-6-15-9/h4-5,7,9,15H,2-3,6,8H2,1H3,(H,16,17). The summed E-state index contributed by atoms with van der Waals surface area (Å²) in [5, 5.41) is 5.93. The minimum atomic E-state index is -0.478. The van der Waals surface area contributed by atoms with Crippen molar-refractivity contribution in [3.05, 3.63) is 24.0 Å². The van der Waals surface area contributed by atoms with Crippen molar-refractivity contribution < 1.29 is 13.9 Å². The molecule has 1 aromatic carbocycles. The normalized spacial score (nSPS) is 18.7. The maximum absolute atomic E-state index is 13.4. The Bertz CT molecular complexity index is 431. The number of anilines is 1. The van der Waals surface area contributed by atoms with E-state index in [4.69, 9.17) is 4.74 Å². The number of ether oxygens (including phenoxy) is 1. The molecule has 0 saturated carbocycles.